The second-order valence-corrected chi connectivity index (χ2v) is 9.28. The number of allylic oxidation sites excluding steroid dienone is 3. The van der Waals surface area contributed by atoms with Gasteiger partial charge >= 0.3 is 7.67 Å². The number of rotatable bonds is 11. The summed E-state index contributed by atoms with van der Waals surface area (Å²) in [6.45, 7) is 6.62. The summed E-state index contributed by atoms with van der Waals surface area (Å²) in [6, 6.07) is 0. The zero-order valence-electron chi connectivity index (χ0n) is 14.0. The van der Waals surface area contributed by atoms with Gasteiger partial charge in [0.05, 0.1) is 16.9 Å². The molecule has 2 N–H and O–H groups in total. The van der Waals surface area contributed by atoms with Gasteiger partial charge in [-0.1, -0.05) is 51.8 Å². The summed E-state index contributed by atoms with van der Waals surface area (Å²) < 4.78 is 19.0. The molecule has 0 heterocycles. The Hall–Kier alpha value is -0.0500. The Bertz CT molecular complexity index is 542. The van der Waals surface area contributed by atoms with E-state index in [0.29, 0.717) is 23.7 Å². The van der Waals surface area contributed by atoms with Crippen LogP contribution in [0.5, 0.6) is 0 Å². The van der Waals surface area contributed by atoms with Crippen molar-refractivity contribution in [2.75, 3.05) is 23.7 Å². The molecular formula is C14H24Br2N3O4P. The number of halogens is 2. The van der Waals surface area contributed by atoms with Gasteiger partial charge < -0.3 is 0 Å². The molecule has 0 saturated carbocycles. The van der Waals surface area contributed by atoms with Crippen LogP contribution in [-0.4, -0.2) is 34.8 Å². The van der Waals surface area contributed by atoms with Gasteiger partial charge in [0.15, 0.2) is 0 Å². The molecule has 0 aromatic rings. The van der Waals surface area contributed by atoms with Crippen LogP contribution >= 0.6 is 39.5 Å². The fourth-order valence-electron chi connectivity index (χ4n) is 2.44. The minimum atomic E-state index is -3.28. The van der Waals surface area contributed by atoms with Gasteiger partial charge in [-0.05, 0) is 18.4 Å². The molecule has 2 unspecified atom stereocenters. The molecule has 0 aromatic carbocycles. The van der Waals surface area contributed by atoms with Crippen LogP contribution in [0, 0.1) is 22.0 Å². The van der Waals surface area contributed by atoms with E-state index in [2.05, 4.69) is 42.0 Å². The molecule has 0 aromatic heterocycles. The van der Waals surface area contributed by atoms with Crippen LogP contribution in [0.25, 0.3) is 0 Å². The Labute approximate surface area is 159 Å². The van der Waals surface area contributed by atoms with Crippen molar-refractivity contribution in [2.24, 2.45) is 11.8 Å². The van der Waals surface area contributed by atoms with Gasteiger partial charge in [0, 0.05) is 29.8 Å². The molecule has 1 rings (SSSR count). The van der Waals surface area contributed by atoms with Crippen molar-refractivity contribution >= 4 is 39.5 Å². The number of alkyl halides is 2. The predicted molar refractivity (Wildman–Crippen MR) is 103 cm³/mol. The van der Waals surface area contributed by atoms with Gasteiger partial charge in [0.25, 0.3) is 5.70 Å². The van der Waals surface area contributed by atoms with Gasteiger partial charge in [-0.2, -0.15) is 0 Å². The summed E-state index contributed by atoms with van der Waals surface area (Å²) in [7, 11) is -3.28. The summed E-state index contributed by atoms with van der Waals surface area (Å²) >= 11 is 6.59. The highest BCUT2D eigenvalue weighted by Gasteiger charge is 2.37. The van der Waals surface area contributed by atoms with Crippen molar-refractivity contribution in [2.45, 2.75) is 26.9 Å². The normalized spacial score (nSPS) is 19.3. The zero-order chi connectivity index (χ0) is 18.3. The number of nitrogens with one attached hydrogen (secondary N) is 2. The Kier molecular flexibility index (Phi) is 9.33. The highest BCUT2D eigenvalue weighted by molar-refractivity contribution is 9.09. The van der Waals surface area contributed by atoms with Crippen molar-refractivity contribution in [1.29, 1.82) is 0 Å². The predicted octanol–water partition coefficient (Wildman–Crippen LogP) is 3.84. The lowest BCUT2D eigenvalue weighted by atomic mass is 9.91. The van der Waals surface area contributed by atoms with Crippen LogP contribution < -0.4 is 10.2 Å². The van der Waals surface area contributed by atoms with E-state index < -0.39 is 13.8 Å². The fourth-order valence-corrected chi connectivity index (χ4v) is 5.21. The molecule has 1 aliphatic rings. The Morgan fingerprint density at radius 1 is 1.29 bits per heavy atom. The maximum absolute atomic E-state index is 13.1. The second kappa shape index (κ2) is 10.2. The minimum absolute atomic E-state index is 0.0167. The van der Waals surface area contributed by atoms with Gasteiger partial charge in [-0.3, -0.25) is 19.2 Å². The van der Waals surface area contributed by atoms with Gasteiger partial charge in [-0.25, -0.2) is 10.2 Å². The molecule has 0 bridgehead atoms. The quantitative estimate of drug-likeness (QED) is 0.198. The molecule has 0 spiro atoms. The monoisotopic (exact) mass is 487 g/mol. The lowest BCUT2D eigenvalue weighted by Gasteiger charge is -2.30. The Morgan fingerprint density at radius 3 is 2.21 bits per heavy atom. The standard InChI is InChI=1S/C14H24Br2N3O4P/c1-10(2)14(12-4-5-13(11(12)3)19(20)21)23-24(22,17-8-6-15)18-9-7-16/h4-5,10-11,14H,6-9H2,1-3H3,(H2,17,18,22). The molecule has 10 heteroatoms. The zero-order valence-corrected chi connectivity index (χ0v) is 18.1. The summed E-state index contributed by atoms with van der Waals surface area (Å²) in [5.41, 5.74) is 0.911. The Morgan fingerprint density at radius 2 is 1.83 bits per heavy atom. The van der Waals surface area contributed by atoms with Gasteiger partial charge in [-0.15, -0.1) is 0 Å². The third kappa shape index (κ3) is 6.04. The fraction of sp³-hybridized carbons (Fsp3) is 0.714. The third-order valence-corrected chi connectivity index (χ3v) is 6.22. The van der Waals surface area contributed by atoms with Crippen LogP contribution in [0.4, 0.5) is 0 Å². The van der Waals surface area contributed by atoms with Crippen LogP contribution in [-0.2, 0) is 9.09 Å². The van der Waals surface area contributed by atoms with E-state index in [1.807, 2.05) is 13.8 Å². The van der Waals surface area contributed by atoms with E-state index in [1.165, 1.54) is 6.08 Å². The summed E-state index contributed by atoms with van der Waals surface area (Å²) in [5, 5.41) is 18.2. The summed E-state index contributed by atoms with van der Waals surface area (Å²) in [5.74, 6) is -0.351. The van der Waals surface area contributed by atoms with Crippen LogP contribution in [0.2, 0.25) is 0 Å². The van der Waals surface area contributed by atoms with Crippen molar-refractivity contribution in [1.82, 2.24) is 10.2 Å². The molecule has 0 saturated heterocycles. The molecule has 1 aliphatic carbocycles. The van der Waals surface area contributed by atoms with E-state index in [9.17, 15) is 14.7 Å². The average molecular weight is 489 g/mol. The first-order valence-electron chi connectivity index (χ1n) is 7.72. The van der Waals surface area contributed by atoms with E-state index in [-0.39, 0.29) is 22.5 Å². The number of nitrogens with zero attached hydrogens (tertiary/aromatic N) is 1. The van der Waals surface area contributed by atoms with Crippen molar-refractivity contribution in [3.8, 4) is 0 Å². The largest absolute Gasteiger partial charge is 0.341 e. The van der Waals surface area contributed by atoms with Gasteiger partial charge in [0.2, 0.25) is 0 Å². The lowest BCUT2D eigenvalue weighted by molar-refractivity contribution is -0.431. The lowest BCUT2D eigenvalue weighted by Crippen LogP contribution is -2.33. The third-order valence-electron chi connectivity index (χ3n) is 3.63. The first kappa shape index (κ1) is 22.0. The molecule has 0 radical (unpaired) electrons. The van der Waals surface area contributed by atoms with Crippen LogP contribution in [0.3, 0.4) is 0 Å². The molecule has 0 fully saturated rings. The maximum Gasteiger partial charge on any atom is 0.341 e. The topological polar surface area (TPSA) is 93.5 Å². The number of hydrogen-bond acceptors (Lipinski definition) is 4. The SMILES string of the molecule is CC1C(C(OP(=O)(NCCBr)NCCBr)C(C)C)=CC=C1[N+](=O)[O-]. The van der Waals surface area contributed by atoms with Crippen LogP contribution in [0.1, 0.15) is 20.8 Å². The highest BCUT2D eigenvalue weighted by atomic mass is 79.9. The molecule has 2 atom stereocenters. The van der Waals surface area contributed by atoms with E-state index in [0.717, 1.165) is 5.57 Å². The van der Waals surface area contributed by atoms with Crippen molar-refractivity contribution in [3.05, 3.63) is 33.5 Å². The summed E-state index contributed by atoms with van der Waals surface area (Å²) in [4.78, 5) is 10.7. The van der Waals surface area contributed by atoms with Crippen LogP contribution in [0.15, 0.2) is 23.4 Å². The van der Waals surface area contributed by atoms with E-state index in [1.54, 1.807) is 13.0 Å². The second-order valence-electron chi connectivity index (χ2n) is 5.75. The van der Waals surface area contributed by atoms with Crippen molar-refractivity contribution < 1.29 is 14.0 Å². The minimum Gasteiger partial charge on any atom is -0.298 e. The number of nitro groups is 1. The molecule has 24 heavy (non-hydrogen) atoms. The first-order valence-corrected chi connectivity index (χ1v) is 11.6. The summed E-state index contributed by atoms with van der Waals surface area (Å²) in [6.07, 6.45) is 2.74. The Balaban J connectivity index is 2.95. The molecule has 0 amide bonds. The first-order chi connectivity index (χ1) is 11.3. The van der Waals surface area contributed by atoms with E-state index >= 15 is 0 Å². The molecular weight excluding hydrogens is 465 g/mol. The van der Waals surface area contributed by atoms with Crippen molar-refractivity contribution in [3.63, 3.8) is 0 Å². The average Bonchev–Trinajstić information content (AvgIpc) is 2.90. The number of hydrogen-bond donors (Lipinski definition) is 2. The van der Waals surface area contributed by atoms with Gasteiger partial charge in [0.1, 0.15) is 0 Å². The molecule has 0 aliphatic heterocycles. The maximum atomic E-state index is 13.1. The molecule has 7 nitrogen and oxygen atoms in total. The van der Waals surface area contributed by atoms with E-state index in [4.69, 9.17) is 4.52 Å². The smallest absolute Gasteiger partial charge is 0.298 e. The molecule has 138 valence electrons. The highest BCUT2D eigenvalue weighted by Crippen LogP contribution is 2.44.